The fourth-order valence-electron chi connectivity index (χ4n) is 1.77. The molecule has 0 amide bonds. The van der Waals surface area contributed by atoms with E-state index < -0.39 is 0 Å². The molecule has 1 saturated heterocycles. The van der Waals surface area contributed by atoms with Crippen LogP contribution in [0.2, 0.25) is 0 Å². The molecule has 1 atom stereocenters. The Labute approximate surface area is 77.7 Å². The molecule has 2 rings (SSSR count). The maximum atomic E-state index is 5.65. The Morgan fingerprint density at radius 3 is 3.23 bits per heavy atom. The number of nitrogens with zero attached hydrogens (tertiary/aromatic N) is 2. The van der Waals surface area contributed by atoms with E-state index in [9.17, 15) is 0 Å². The second-order valence-corrected chi connectivity index (χ2v) is 3.36. The standard InChI is InChI=1S/C9H15N3O/c1-2-9-11-8(10)5-12(9)7-3-4-13-6-7/h5,7H,2-4,6,10H2,1H3. The number of nitrogen functional groups attached to an aromatic ring is 1. The van der Waals surface area contributed by atoms with Gasteiger partial charge in [-0.2, -0.15) is 0 Å². The van der Waals surface area contributed by atoms with Crippen molar-refractivity contribution in [2.24, 2.45) is 0 Å². The summed E-state index contributed by atoms with van der Waals surface area (Å²) in [4.78, 5) is 4.26. The summed E-state index contributed by atoms with van der Waals surface area (Å²) in [5.41, 5.74) is 5.65. The van der Waals surface area contributed by atoms with Crippen LogP contribution in [0.25, 0.3) is 0 Å². The lowest BCUT2D eigenvalue weighted by atomic mass is 10.2. The van der Waals surface area contributed by atoms with Gasteiger partial charge in [0.25, 0.3) is 0 Å². The lowest BCUT2D eigenvalue weighted by Gasteiger charge is -2.11. The van der Waals surface area contributed by atoms with Crippen molar-refractivity contribution in [1.29, 1.82) is 0 Å². The highest BCUT2D eigenvalue weighted by Gasteiger charge is 2.19. The first kappa shape index (κ1) is 8.56. The highest BCUT2D eigenvalue weighted by molar-refractivity contribution is 5.26. The number of anilines is 1. The van der Waals surface area contributed by atoms with E-state index in [1.807, 2.05) is 6.20 Å². The number of nitrogens with two attached hydrogens (primary N) is 1. The van der Waals surface area contributed by atoms with E-state index >= 15 is 0 Å². The molecular weight excluding hydrogens is 166 g/mol. The molecule has 0 saturated carbocycles. The summed E-state index contributed by atoms with van der Waals surface area (Å²) in [5.74, 6) is 1.68. The van der Waals surface area contributed by atoms with Crippen molar-refractivity contribution >= 4 is 5.82 Å². The van der Waals surface area contributed by atoms with Gasteiger partial charge in [-0.3, -0.25) is 0 Å². The van der Waals surface area contributed by atoms with Crippen LogP contribution in [0, 0.1) is 0 Å². The second kappa shape index (κ2) is 3.38. The van der Waals surface area contributed by atoms with Crippen LogP contribution < -0.4 is 5.73 Å². The van der Waals surface area contributed by atoms with Crippen molar-refractivity contribution in [3.05, 3.63) is 12.0 Å². The van der Waals surface area contributed by atoms with Gasteiger partial charge in [0.15, 0.2) is 0 Å². The molecular formula is C9H15N3O. The summed E-state index contributed by atoms with van der Waals surface area (Å²) in [7, 11) is 0. The molecule has 1 aliphatic rings. The molecule has 0 aliphatic carbocycles. The maximum absolute atomic E-state index is 5.65. The zero-order valence-electron chi connectivity index (χ0n) is 7.86. The summed E-state index contributed by atoms with van der Waals surface area (Å²) in [6, 6.07) is 0.444. The van der Waals surface area contributed by atoms with Crippen LogP contribution >= 0.6 is 0 Å². The third kappa shape index (κ3) is 1.54. The summed E-state index contributed by atoms with van der Waals surface area (Å²) in [5, 5.41) is 0. The van der Waals surface area contributed by atoms with Gasteiger partial charge in [0.2, 0.25) is 0 Å². The first-order chi connectivity index (χ1) is 6.31. The normalized spacial score (nSPS) is 22.4. The van der Waals surface area contributed by atoms with E-state index in [1.165, 1.54) is 0 Å². The smallest absolute Gasteiger partial charge is 0.141 e. The van der Waals surface area contributed by atoms with Gasteiger partial charge in [-0.1, -0.05) is 6.92 Å². The minimum Gasteiger partial charge on any atom is -0.382 e. The Morgan fingerprint density at radius 1 is 1.77 bits per heavy atom. The molecule has 1 aromatic rings. The molecule has 1 fully saturated rings. The maximum Gasteiger partial charge on any atom is 0.141 e. The summed E-state index contributed by atoms with van der Waals surface area (Å²) >= 11 is 0. The van der Waals surface area contributed by atoms with Crippen molar-refractivity contribution in [2.75, 3.05) is 18.9 Å². The number of aromatic nitrogens is 2. The number of aryl methyl sites for hydroxylation is 1. The van der Waals surface area contributed by atoms with Gasteiger partial charge in [-0.25, -0.2) is 4.98 Å². The summed E-state index contributed by atoms with van der Waals surface area (Å²) < 4.78 is 7.49. The van der Waals surface area contributed by atoms with E-state index in [4.69, 9.17) is 10.5 Å². The molecule has 72 valence electrons. The van der Waals surface area contributed by atoms with Crippen LogP contribution in [0.3, 0.4) is 0 Å². The fraction of sp³-hybridized carbons (Fsp3) is 0.667. The monoisotopic (exact) mass is 181 g/mol. The van der Waals surface area contributed by atoms with Crippen LogP contribution in [0.1, 0.15) is 25.2 Å². The second-order valence-electron chi connectivity index (χ2n) is 3.36. The van der Waals surface area contributed by atoms with Gasteiger partial charge in [0.1, 0.15) is 11.6 Å². The number of rotatable bonds is 2. The van der Waals surface area contributed by atoms with E-state index in [1.54, 1.807) is 0 Å². The number of ether oxygens (including phenoxy) is 1. The average molecular weight is 181 g/mol. The highest BCUT2D eigenvalue weighted by atomic mass is 16.5. The average Bonchev–Trinajstić information content (AvgIpc) is 2.71. The third-order valence-corrected chi connectivity index (χ3v) is 2.44. The lowest BCUT2D eigenvalue weighted by molar-refractivity contribution is 0.186. The van der Waals surface area contributed by atoms with Crippen molar-refractivity contribution in [1.82, 2.24) is 9.55 Å². The first-order valence-corrected chi connectivity index (χ1v) is 4.72. The highest BCUT2D eigenvalue weighted by Crippen LogP contribution is 2.22. The quantitative estimate of drug-likeness (QED) is 0.740. The molecule has 0 bridgehead atoms. The number of hydrogen-bond acceptors (Lipinski definition) is 3. The topological polar surface area (TPSA) is 53.1 Å². The van der Waals surface area contributed by atoms with Gasteiger partial charge in [0, 0.05) is 19.2 Å². The molecule has 2 N–H and O–H groups in total. The molecule has 0 aromatic carbocycles. The Bertz CT molecular complexity index is 289. The van der Waals surface area contributed by atoms with Gasteiger partial charge >= 0.3 is 0 Å². The van der Waals surface area contributed by atoms with Crippen LogP contribution in [0.15, 0.2) is 6.20 Å². The largest absolute Gasteiger partial charge is 0.382 e. The van der Waals surface area contributed by atoms with E-state index in [0.29, 0.717) is 11.9 Å². The Balaban J connectivity index is 2.26. The predicted molar refractivity (Wildman–Crippen MR) is 50.5 cm³/mol. The van der Waals surface area contributed by atoms with Crippen molar-refractivity contribution in [3.63, 3.8) is 0 Å². The first-order valence-electron chi connectivity index (χ1n) is 4.72. The third-order valence-electron chi connectivity index (χ3n) is 2.44. The molecule has 1 unspecified atom stereocenters. The zero-order chi connectivity index (χ0) is 9.26. The van der Waals surface area contributed by atoms with Gasteiger partial charge in [0.05, 0.1) is 12.6 Å². The Hall–Kier alpha value is -1.03. The number of hydrogen-bond donors (Lipinski definition) is 1. The van der Waals surface area contributed by atoms with Crippen LogP contribution in [0.4, 0.5) is 5.82 Å². The van der Waals surface area contributed by atoms with E-state index in [0.717, 1.165) is 31.9 Å². The molecule has 0 radical (unpaired) electrons. The van der Waals surface area contributed by atoms with Crippen LogP contribution in [-0.2, 0) is 11.2 Å². The molecule has 1 aliphatic heterocycles. The van der Waals surface area contributed by atoms with Crippen LogP contribution in [-0.4, -0.2) is 22.8 Å². The van der Waals surface area contributed by atoms with Crippen molar-refractivity contribution < 1.29 is 4.74 Å². The van der Waals surface area contributed by atoms with Gasteiger partial charge < -0.3 is 15.0 Å². The van der Waals surface area contributed by atoms with Crippen molar-refractivity contribution in [2.45, 2.75) is 25.8 Å². The minimum atomic E-state index is 0.444. The minimum absolute atomic E-state index is 0.444. The summed E-state index contributed by atoms with van der Waals surface area (Å²) in [6.45, 7) is 3.74. The van der Waals surface area contributed by atoms with Crippen molar-refractivity contribution in [3.8, 4) is 0 Å². The fourth-order valence-corrected chi connectivity index (χ4v) is 1.77. The Morgan fingerprint density at radius 2 is 2.62 bits per heavy atom. The molecule has 0 spiro atoms. The molecule has 1 aromatic heterocycles. The zero-order valence-corrected chi connectivity index (χ0v) is 7.86. The van der Waals surface area contributed by atoms with Gasteiger partial charge in [-0.15, -0.1) is 0 Å². The molecule has 4 nitrogen and oxygen atoms in total. The summed E-state index contributed by atoms with van der Waals surface area (Å²) in [6.07, 6.45) is 3.91. The number of imidazole rings is 1. The van der Waals surface area contributed by atoms with Crippen LogP contribution in [0.5, 0.6) is 0 Å². The van der Waals surface area contributed by atoms with E-state index in [-0.39, 0.29) is 0 Å². The molecule has 13 heavy (non-hydrogen) atoms. The Kier molecular flexibility index (Phi) is 2.22. The van der Waals surface area contributed by atoms with Gasteiger partial charge in [-0.05, 0) is 6.42 Å². The molecule has 2 heterocycles. The van der Waals surface area contributed by atoms with E-state index in [2.05, 4.69) is 16.5 Å². The SMILES string of the molecule is CCc1nc(N)cn1C1CCOC1. The lowest BCUT2D eigenvalue weighted by Crippen LogP contribution is -2.10. The molecule has 4 heteroatoms. The predicted octanol–water partition coefficient (Wildman–Crippen LogP) is 0.989.